The van der Waals surface area contributed by atoms with E-state index in [-0.39, 0.29) is 17.7 Å². The quantitative estimate of drug-likeness (QED) is 0.647. The Hall–Kier alpha value is -1.58. The second-order valence-electron chi connectivity index (χ2n) is 4.36. The van der Waals surface area contributed by atoms with Crippen molar-refractivity contribution in [1.29, 1.82) is 0 Å². The smallest absolute Gasteiger partial charge is 0.340 e. The highest BCUT2D eigenvalue weighted by molar-refractivity contribution is 6.02. The number of hydrogen-bond acceptors (Lipinski definition) is 3. The molecule has 0 aliphatic rings. The van der Waals surface area contributed by atoms with Gasteiger partial charge in [0.2, 0.25) is 0 Å². The SMILES string of the molecule is CCOC(=O)c1c(C)[nH]c(C(=O)C(C)C)c1C. The van der Waals surface area contributed by atoms with Crippen molar-refractivity contribution in [3.8, 4) is 0 Å². The Labute approximate surface area is 101 Å². The van der Waals surface area contributed by atoms with Crippen molar-refractivity contribution >= 4 is 11.8 Å². The number of hydrogen-bond donors (Lipinski definition) is 1. The zero-order chi connectivity index (χ0) is 13.2. The first-order valence-electron chi connectivity index (χ1n) is 5.80. The Bertz CT molecular complexity index is 444. The molecule has 0 unspecified atom stereocenters. The van der Waals surface area contributed by atoms with E-state index in [9.17, 15) is 9.59 Å². The van der Waals surface area contributed by atoms with Crippen molar-refractivity contribution in [2.75, 3.05) is 6.61 Å². The average Bonchev–Trinajstić information content (AvgIpc) is 2.53. The van der Waals surface area contributed by atoms with Crippen LogP contribution in [0.15, 0.2) is 0 Å². The van der Waals surface area contributed by atoms with Gasteiger partial charge >= 0.3 is 5.97 Å². The number of Topliss-reactive ketones (excluding diaryl/α,β-unsaturated/α-hetero) is 1. The molecule has 0 radical (unpaired) electrons. The summed E-state index contributed by atoms with van der Waals surface area (Å²) >= 11 is 0. The predicted molar refractivity (Wildman–Crippen MR) is 65.4 cm³/mol. The van der Waals surface area contributed by atoms with Crippen LogP contribution in [0.2, 0.25) is 0 Å². The first kappa shape index (κ1) is 13.5. The summed E-state index contributed by atoms with van der Waals surface area (Å²) in [6.45, 7) is 9.30. The van der Waals surface area contributed by atoms with Gasteiger partial charge in [-0.3, -0.25) is 4.79 Å². The molecule has 0 fully saturated rings. The highest BCUT2D eigenvalue weighted by Crippen LogP contribution is 2.21. The number of ether oxygens (including phenoxy) is 1. The van der Waals surface area contributed by atoms with Crippen molar-refractivity contribution in [3.63, 3.8) is 0 Å². The molecule has 0 bridgehead atoms. The van der Waals surface area contributed by atoms with Crippen LogP contribution in [0, 0.1) is 19.8 Å². The molecule has 1 aromatic heterocycles. The summed E-state index contributed by atoms with van der Waals surface area (Å²) in [5.74, 6) is -0.454. The second kappa shape index (κ2) is 5.17. The van der Waals surface area contributed by atoms with Gasteiger partial charge in [-0.05, 0) is 26.3 Å². The molecule has 0 saturated carbocycles. The molecule has 0 saturated heterocycles. The molecule has 1 N–H and O–H groups in total. The average molecular weight is 237 g/mol. The lowest BCUT2D eigenvalue weighted by atomic mass is 10.0. The van der Waals surface area contributed by atoms with E-state index in [4.69, 9.17) is 4.74 Å². The third-order valence-electron chi connectivity index (χ3n) is 2.69. The standard InChI is InChI=1S/C13H19NO3/c1-6-17-13(16)10-8(4)11(14-9(10)5)12(15)7(2)3/h7,14H,6H2,1-5H3. The van der Waals surface area contributed by atoms with Gasteiger partial charge in [-0.2, -0.15) is 0 Å². The van der Waals surface area contributed by atoms with Gasteiger partial charge in [0.05, 0.1) is 17.9 Å². The Morgan fingerprint density at radius 2 is 1.88 bits per heavy atom. The lowest BCUT2D eigenvalue weighted by molar-refractivity contribution is 0.0525. The molecule has 0 spiro atoms. The van der Waals surface area contributed by atoms with E-state index in [0.717, 1.165) is 0 Å². The van der Waals surface area contributed by atoms with E-state index in [1.807, 2.05) is 13.8 Å². The normalized spacial score (nSPS) is 10.7. The maximum absolute atomic E-state index is 11.9. The Morgan fingerprint density at radius 3 is 2.35 bits per heavy atom. The molecule has 1 aromatic rings. The number of H-pyrrole nitrogens is 1. The highest BCUT2D eigenvalue weighted by atomic mass is 16.5. The van der Waals surface area contributed by atoms with Crippen molar-refractivity contribution < 1.29 is 14.3 Å². The van der Waals surface area contributed by atoms with Crippen LogP contribution in [-0.4, -0.2) is 23.3 Å². The minimum absolute atomic E-state index is 0.0150. The molecule has 4 nitrogen and oxygen atoms in total. The summed E-state index contributed by atoms with van der Waals surface area (Å²) < 4.78 is 4.97. The van der Waals surface area contributed by atoms with Crippen LogP contribution in [0.5, 0.6) is 0 Å². The molecule has 0 aliphatic carbocycles. The maximum atomic E-state index is 11.9. The van der Waals surface area contributed by atoms with E-state index >= 15 is 0 Å². The number of nitrogens with one attached hydrogen (secondary N) is 1. The van der Waals surface area contributed by atoms with Gasteiger partial charge in [-0.25, -0.2) is 4.79 Å². The highest BCUT2D eigenvalue weighted by Gasteiger charge is 2.23. The fourth-order valence-corrected chi connectivity index (χ4v) is 1.79. The van der Waals surface area contributed by atoms with Crippen molar-refractivity contribution in [2.45, 2.75) is 34.6 Å². The zero-order valence-corrected chi connectivity index (χ0v) is 11.0. The third kappa shape index (κ3) is 2.57. The molecule has 0 amide bonds. The Kier molecular flexibility index (Phi) is 4.10. The summed E-state index contributed by atoms with van der Waals surface area (Å²) in [6.07, 6.45) is 0. The van der Waals surface area contributed by atoms with Gasteiger partial charge in [0, 0.05) is 11.6 Å². The summed E-state index contributed by atoms with van der Waals surface area (Å²) in [5, 5.41) is 0. The fourth-order valence-electron chi connectivity index (χ4n) is 1.79. The summed E-state index contributed by atoms with van der Waals surface area (Å²) in [5.41, 5.74) is 2.36. The Balaban J connectivity index is 3.19. The maximum Gasteiger partial charge on any atom is 0.340 e. The molecule has 17 heavy (non-hydrogen) atoms. The molecule has 4 heteroatoms. The van der Waals surface area contributed by atoms with Crippen LogP contribution in [0.3, 0.4) is 0 Å². The van der Waals surface area contributed by atoms with Gasteiger partial charge in [0.1, 0.15) is 0 Å². The zero-order valence-electron chi connectivity index (χ0n) is 11.0. The van der Waals surface area contributed by atoms with Crippen molar-refractivity contribution in [1.82, 2.24) is 4.98 Å². The lowest BCUT2D eigenvalue weighted by Crippen LogP contribution is -2.10. The first-order valence-corrected chi connectivity index (χ1v) is 5.80. The molecular weight excluding hydrogens is 218 g/mol. The molecular formula is C13H19NO3. The van der Waals surface area contributed by atoms with Crippen LogP contribution >= 0.6 is 0 Å². The fraction of sp³-hybridized carbons (Fsp3) is 0.538. The molecule has 0 aliphatic heterocycles. The molecule has 1 rings (SSSR count). The van der Waals surface area contributed by atoms with E-state index in [0.29, 0.717) is 29.1 Å². The van der Waals surface area contributed by atoms with Gasteiger partial charge in [-0.15, -0.1) is 0 Å². The van der Waals surface area contributed by atoms with Crippen LogP contribution in [0.1, 0.15) is 52.9 Å². The second-order valence-corrected chi connectivity index (χ2v) is 4.36. The van der Waals surface area contributed by atoms with Gasteiger partial charge < -0.3 is 9.72 Å². The number of esters is 1. The van der Waals surface area contributed by atoms with Crippen molar-refractivity contribution in [3.05, 3.63) is 22.5 Å². The molecule has 0 aromatic carbocycles. The number of rotatable bonds is 4. The number of aryl methyl sites for hydroxylation is 1. The van der Waals surface area contributed by atoms with Gasteiger partial charge in [-0.1, -0.05) is 13.8 Å². The van der Waals surface area contributed by atoms with Crippen LogP contribution < -0.4 is 0 Å². The molecule has 94 valence electrons. The largest absolute Gasteiger partial charge is 0.462 e. The third-order valence-corrected chi connectivity index (χ3v) is 2.69. The minimum Gasteiger partial charge on any atom is -0.462 e. The van der Waals surface area contributed by atoms with Crippen molar-refractivity contribution in [2.24, 2.45) is 5.92 Å². The first-order chi connectivity index (χ1) is 7.90. The number of carbonyl (C=O) groups excluding carboxylic acids is 2. The minimum atomic E-state index is -0.374. The van der Waals surface area contributed by atoms with E-state index in [1.54, 1.807) is 20.8 Å². The predicted octanol–water partition coefficient (Wildman–Crippen LogP) is 2.65. The number of carbonyl (C=O) groups is 2. The van der Waals surface area contributed by atoms with Gasteiger partial charge in [0.15, 0.2) is 5.78 Å². The molecule has 1 heterocycles. The van der Waals surface area contributed by atoms with Gasteiger partial charge in [0.25, 0.3) is 0 Å². The van der Waals surface area contributed by atoms with E-state index < -0.39 is 0 Å². The summed E-state index contributed by atoms with van der Waals surface area (Å²) in [4.78, 5) is 26.6. The molecule has 0 atom stereocenters. The lowest BCUT2D eigenvalue weighted by Gasteiger charge is -2.04. The van der Waals surface area contributed by atoms with Crippen LogP contribution in [0.25, 0.3) is 0 Å². The number of aromatic nitrogens is 1. The Morgan fingerprint density at radius 1 is 1.29 bits per heavy atom. The monoisotopic (exact) mass is 237 g/mol. The van der Waals surface area contributed by atoms with Crippen LogP contribution in [-0.2, 0) is 4.74 Å². The number of ketones is 1. The van der Waals surface area contributed by atoms with Crippen LogP contribution in [0.4, 0.5) is 0 Å². The summed E-state index contributed by atoms with van der Waals surface area (Å²) in [6, 6.07) is 0. The number of aromatic amines is 1. The topological polar surface area (TPSA) is 59.2 Å². The van der Waals surface area contributed by atoms with E-state index in [1.165, 1.54) is 0 Å². The summed E-state index contributed by atoms with van der Waals surface area (Å²) in [7, 11) is 0. The van der Waals surface area contributed by atoms with E-state index in [2.05, 4.69) is 4.98 Å².